The summed E-state index contributed by atoms with van der Waals surface area (Å²) >= 11 is 0. The number of aromatic nitrogens is 1. The zero-order valence-electron chi connectivity index (χ0n) is 10.8. The molecule has 3 N–H and O–H groups in total. The van der Waals surface area contributed by atoms with E-state index in [2.05, 4.69) is 28.9 Å². The Labute approximate surface area is 107 Å². The molecule has 1 heterocycles. The van der Waals surface area contributed by atoms with E-state index in [1.54, 1.807) is 18.3 Å². The zero-order valence-corrected chi connectivity index (χ0v) is 10.8. The van der Waals surface area contributed by atoms with Gasteiger partial charge in [0.25, 0.3) is 0 Å². The van der Waals surface area contributed by atoms with Gasteiger partial charge in [-0.15, -0.1) is 0 Å². The van der Waals surface area contributed by atoms with Gasteiger partial charge >= 0.3 is 0 Å². The maximum absolute atomic E-state index is 8.57. The van der Waals surface area contributed by atoms with Gasteiger partial charge in [0.2, 0.25) is 0 Å². The maximum Gasteiger partial charge on any atom is 0.188 e. The SMILES string of the molecule is CCN(CC)CCOc1ccnc(C(N)=NO)c1. The fourth-order valence-corrected chi connectivity index (χ4v) is 1.52. The van der Waals surface area contributed by atoms with Crippen molar-refractivity contribution in [1.82, 2.24) is 9.88 Å². The number of likely N-dealkylation sites (N-methyl/N-ethyl adjacent to an activating group) is 1. The Balaban J connectivity index is 2.52. The maximum atomic E-state index is 8.57. The van der Waals surface area contributed by atoms with Crippen LogP contribution in [0.5, 0.6) is 5.75 Å². The number of rotatable bonds is 7. The van der Waals surface area contributed by atoms with Gasteiger partial charge < -0.3 is 20.6 Å². The number of oxime groups is 1. The van der Waals surface area contributed by atoms with Crippen molar-refractivity contribution in [3.63, 3.8) is 0 Å². The summed E-state index contributed by atoms with van der Waals surface area (Å²) in [6, 6.07) is 3.40. The lowest BCUT2D eigenvalue weighted by Gasteiger charge is -2.18. The number of hydrogen-bond acceptors (Lipinski definition) is 5. The predicted molar refractivity (Wildman–Crippen MR) is 70.0 cm³/mol. The van der Waals surface area contributed by atoms with Crippen LogP contribution in [0.4, 0.5) is 0 Å². The molecule has 0 aliphatic carbocycles. The van der Waals surface area contributed by atoms with Crippen molar-refractivity contribution < 1.29 is 9.94 Å². The summed E-state index contributed by atoms with van der Waals surface area (Å²) in [6.45, 7) is 7.71. The third-order valence-electron chi connectivity index (χ3n) is 2.67. The molecule has 18 heavy (non-hydrogen) atoms. The van der Waals surface area contributed by atoms with E-state index < -0.39 is 0 Å². The molecule has 6 heteroatoms. The minimum Gasteiger partial charge on any atom is -0.492 e. The summed E-state index contributed by atoms with van der Waals surface area (Å²) in [7, 11) is 0. The second-order valence-corrected chi connectivity index (χ2v) is 3.74. The molecule has 0 aliphatic rings. The van der Waals surface area contributed by atoms with Gasteiger partial charge in [0.1, 0.15) is 18.1 Å². The first-order valence-electron chi connectivity index (χ1n) is 6.00. The van der Waals surface area contributed by atoms with Crippen LogP contribution in [0, 0.1) is 0 Å². The largest absolute Gasteiger partial charge is 0.492 e. The summed E-state index contributed by atoms with van der Waals surface area (Å²) in [5, 5.41) is 11.5. The number of pyridine rings is 1. The summed E-state index contributed by atoms with van der Waals surface area (Å²) in [4.78, 5) is 6.25. The summed E-state index contributed by atoms with van der Waals surface area (Å²) < 4.78 is 5.60. The van der Waals surface area contributed by atoms with Crippen LogP contribution >= 0.6 is 0 Å². The van der Waals surface area contributed by atoms with Crippen LogP contribution in [0.15, 0.2) is 23.5 Å². The van der Waals surface area contributed by atoms with Crippen LogP contribution in [-0.2, 0) is 0 Å². The second-order valence-electron chi connectivity index (χ2n) is 3.74. The molecule has 0 spiro atoms. The first-order valence-corrected chi connectivity index (χ1v) is 6.00. The van der Waals surface area contributed by atoms with E-state index in [0.29, 0.717) is 18.1 Å². The minimum atomic E-state index is -0.0239. The van der Waals surface area contributed by atoms with E-state index in [1.807, 2.05) is 0 Å². The summed E-state index contributed by atoms with van der Waals surface area (Å²) in [6.07, 6.45) is 1.57. The van der Waals surface area contributed by atoms with Gasteiger partial charge in [0.05, 0.1) is 0 Å². The van der Waals surface area contributed by atoms with Gasteiger partial charge in [-0.2, -0.15) is 0 Å². The van der Waals surface area contributed by atoms with Gasteiger partial charge in [-0.05, 0) is 19.2 Å². The molecule has 0 amide bonds. The first kappa shape index (κ1) is 14.2. The highest BCUT2D eigenvalue weighted by Gasteiger charge is 2.04. The van der Waals surface area contributed by atoms with Crippen molar-refractivity contribution in [2.75, 3.05) is 26.2 Å². The highest BCUT2D eigenvalue weighted by atomic mass is 16.5. The topological polar surface area (TPSA) is 84.0 Å². The quantitative estimate of drug-likeness (QED) is 0.326. The summed E-state index contributed by atoms with van der Waals surface area (Å²) in [5.41, 5.74) is 5.86. The van der Waals surface area contributed by atoms with Gasteiger partial charge in [0.15, 0.2) is 5.84 Å². The van der Waals surface area contributed by atoms with Crippen molar-refractivity contribution in [2.24, 2.45) is 10.9 Å². The van der Waals surface area contributed by atoms with Crippen LogP contribution in [0.2, 0.25) is 0 Å². The highest BCUT2D eigenvalue weighted by molar-refractivity contribution is 5.95. The van der Waals surface area contributed by atoms with E-state index in [-0.39, 0.29) is 5.84 Å². The second kappa shape index (κ2) is 7.50. The van der Waals surface area contributed by atoms with E-state index in [0.717, 1.165) is 19.6 Å². The lowest BCUT2D eigenvalue weighted by atomic mass is 10.3. The number of nitrogens with zero attached hydrogens (tertiary/aromatic N) is 3. The molecule has 0 saturated carbocycles. The fraction of sp³-hybridized carbons (Fsp3) is 0.500. The van der Waals surface area contributed by atoms with Crippen molar-refractivity contribution in [3.8, 4) is 5.75 Å². The Morgan fingerprint density at radius 2 is 2.22 bits per heavy atom. The molecule has 100 valence electrons. The smallest absolute Gasteiger partial charge is 0.188 e. The van der Waals surface area contributed by atoms with Gasteiger partial charge in [0, 0.05) is 18.8 Å². The van der Waals surface area contributed by atoms with E-state index >= 15 is 0 Å². The van der Waals surface area contributed by atoms with E-state index in [9.17, 15) is 0 Å². The normalized spacial score (nSPS) is 11.8. The molecule has 1 aromatic heterocycles. The molecule has 0 saturated heterocycles. The fourth-order valence-electron chi connectivity index (χ4n) is 1.52. The third-order valence-corrected chi connectivity index (χ3v) is 2.67. The molecular weight excluding hydrogens is 232 g/mol. The average molecular weight is 252 g/mol. The molecular formula is C12H20N4O2. The third kappa shape index (κ3) is 4.21. The molecule has 1 aromatic rings. The van der Waals surface area contributed by atoms with Crippen LogP contribution in [-0.4, -0.2) is 47.2 Å². The van der Waals surface area contributed by atoms with Crippen molar-refractivity contribution in [1.29, 1.82) is 0 Å². The molecule has 0 aromatic carbocycles. The molecule has 6 nitrogen and oxygen atoms in total. The zero-order chi connectivity index (χ0) is 13.4. The lowest BCUT2D eigenvalue weighted by Crippen LogP contribution is -2.28. The van der Waals surface area contributed by atoms with Crippen LogP contribution < -0.4 is 10.5 Å². The molecule has 0 fully saturated rings. The number of ether oxygens (including phenoxy) is 1. The van der Waals surface area contributed by atoms with Gasteiger partial charge in [-0.3, -0.25) is 4.98 Å². The van der Waals surface area contributed by atoms with Gasteiger partial charge in [-0.25, -0.2) is 0 Å². The number of hydrogen-bond donors (Lipinski definition) is 2. The molecule has 0 unspecified atom stereocenters. The monoisotopic (exact) mass is 252 g/mol. The Kier molecular flexibility index (Phi) is 5.93. The Bertz CT molecular complexity index is 391. The minimum absolute atomic E-state index is 0.0239. The standard InChI is InChI=1S/C12H20N4O2/c1-3-16(4-2)7-8-18-10-5-6-14-11(9-10)12(13)15-17/h5-6,9,17H,3-4,7-8H2,1-2H3,(H2,13,15). The van der Waals surface area contributed by atoms with Crippen LogP contribution in [0.25, 0.3) is 0 Å². The van der Waals surface area contributed by atoms with E-state index in [1.165, 1.54) is 0 Å². The van der Waals surface area contributed by atoms with E-state index in [4.69, 9.17) is 15.7 Å². The highest BCUT2D eigenvalue weighted by Crippen LogP contribution is 2.10. The molecule has 0 aliphatic heterocycles. The van der Waals surface area contributed by atoms with Crippen LogP contribution in [0.3, 0.4) is 0 Å². The Morgan fingerprint density at radius 3 is 2.83 bits per heavy atom. The lowest BCUT2D eigenvalue weighted by molar-refractivity contribution is 0.222. The first-order chi connectivity index (χ1) is 8.71. The van der Waals surface area contributed by atoms with Gasteiger partial charge in [-0.1, -0.05) is 19.0 Å². The average Bonchev–Trinajstić information content (AvgIpc) is 2.43. The van der Waals surface area contributed by atoms with Crippen molar-refractivity contribution >= 4 is 5.84 Å². The summed E-state index contributed by atoms with van der Waals surface area (Å²) in [5.74, 6) is 0.642. The number of nitrogens with two attached hydrogens (primary N) is 1. The predicted octanol–water partition coefficient (Wildman–Crippen LogP) is 0.897. The Morgan fingerprint density at radius 1 is 1.50 bits per heavy atom. The molecule has 0 bridgehead atoms. The number of amidine groups is 1. The molecule has 0 radical (unpaired) electrons. The van der Waals surface area contributed by atoms with Crippen molar-refractivity contribution in [2.45, 2.75) is 13.8 Å². The van der Waals surface area contributed by atoms with Crippen LogP contribution in [0.1, 0.15) is 19.5 Å². The van der Waals surface area contributed by atoms with Crippen molar-refractivity contribution in [3.05, 3.63) is 24.0 Å². The Hall–Kier alpha value is -1.82. The molecule has 1 rings (SSSR count). The molecule has 0 atom stereocenters.